The number of tetrazole rings is 2. The molecule has 0 bridgehead atoms. The lowest BCUT2D eigenvalue weighted by atomic mass is 10.1. The Morgan fingerprint density at radius 2 is 2.04 bits per heavy atom. The summed E-state index contributed by atoms with van der Waals surface area (Å²) in [7, 11) is 1.64. The van der Waals surface area contributed by atoms with Crippen molar-refractivity contribution in [1.29, 1.82) is 0 Å². The smallest absolute Gasteiger partial charge is 0.199 e. The number of H-pyrrole nitrogens is 2. The highest BCUT2D eigenvalue weighted by Gasteiger charge is 2.16. The number of hydrogen-bond donors (Lipinski definition) is 2. The number of rotatable bonds is 6. The molecule has 0 radical (unpaired) electrons. The first kappa shape index (κ1) is 15.8. The lowest BCUT2D eigenvalue weighted by Gasteiger charge is -2.12. The highest BCUT2D eigenvalue weighted by Crippen LogP contribution is 2.25. The molecular formula is C13H13BrN10O. The second-order valence-electron chi connectivity index (χ2n) is 5.34. The van der Waals surface area contributed by atoms with Crippen LogP contribution in [0.1, 0.15) is 23.9 Å². The Kier molecular flexibility index (Phi) is 4.19. The van der Waals surface area contributed by atoms with Crippen LogP contribution < -0.4 is 0 Å². The van der Waals surface area contributed by atoms with Gasteiger partial charge in [-0.25, -0.2) is 15.2 Å². The van der Waals surface area contributed by atoms with Crippen molar-refractivity contribution in [2.75, 3.05) is 7.11 Å². The fraction of sp³-hybridized carbons (Fsp3) is 0.308. The van der Waals surface area contributed by atoms with Crippen molar-refractivity contribution in [2.24, 2.45) is 0 Å². The van der Waals surface area contributed by atoms with Crippen molar-refractivity contribution < 1.29 is 4.74 Å². The van der Waals surface area contributed by atoms with Crippen LogP contribution in [0.2, 0.25) is 0 Å². The molecule has 0 aliphatic carbocycles. The number of nitrogens with one attached hydrogen (secondary N) is 2. The van der Waals surface area contributed by atoms with Crippen LogP contribution in [-0.2, 0) is 11.2 Å². The van der Waals surface area contributed by atoms with E-state index in [9.17, 15) is 0 Å². The lowest BCUT2D eigenvalue weighted by molar-refractivity contribution is 0.0885. The maximum absolute atomic E-state index is 5.46. The van der Waals surface area contributed by atoms with Gasteiger partial charge < -0.3 is 9.14 Å². The summed E-state index contributed by atoms with van der Waals surface area (Å²) in [6.45, 7) is 0. The van der Waals surface area contributed by atoms with Crippen LogP contribution >= 0.6 is 15.9 Å². The van der Waals surface area contributed by atoms with Gasteiger partial charge in [-0.3, -0.25) is 0 Å². The summed E-state index contributed by atoms with van der Waals surface area (Å²) in [5.41, 5.74) is 2.59. The zero-order valence-electron chi connectivity index (χ0n) is 13.1. The van der Waals surface area contributed by atoms with Gasteiger partial charge in [0.25, 0.3) is 0 Å². The van der Waals surface area contributed by atoms with Crippen molar-refractivity contribution in [2.45, 2.75) is 18.9 Å². The standard InChI is InChI=1S/C13H13BrN10O/c1-25-10(13-18-22-23-19-13)3-2-7-5-24-6-9(12-16-20-21-17-12)15-11(24)4-8(7)14/h4-6,10H,2-3H2,1H3,(H,16,17,20,21)(H,18,19,22,23). The fourth-order valence-corrected chi connectivity index (χ4v) is 3.08. The minimum Gasteiger partial charge on any atom is -0.373 e. The number of pyridine rings is 1. The number of aromatic amines is 2. The van der Waals surface area contributed by atoms with Crippen molar-refractivity contribution >= 4 is 21.6 Å². The van der Waals surface area contributed by atoms with Gasteiger partial charge in [-0.2, -0.15) is 0 Å². The van der Waals surface area contributed by atoms with Gasteiger partial charge in [0, 0.05) is 24.0 Å². The fourth-order valence-electron chi connectivity index (χ4n) is 2.58. The molecule has 4 aromatic heterocycles. The first-order valence-electron chi connectivity index (χ1n) is 7.42. The molecule has 1 unspecified atom stereocenters. The predicted molar refractivity (Wildman–Crippen MR) is 88.3 cm³/mol. The first-order chi connectivity index (χ1) is 12.2. The third kappa shape index (κ3) is 3.13. The van der Waals surface area contributed by atoms with Crippen LogP contribution in [0.4, 0.5) is 0 Å². The number of aryl methyl sites for hydroxylation is 1. The molecule has 2 N–H and O–H groups in total. The van der Waals surface area contributed by atoms with E-state index >= 15 is 0 Å². The van der Waals surface area contributed by atoms with E-state index in [4.69, 9.17) is 4.74 Å². The van der Waals surface area contributed by atoms with Gasteiger partial charge in [-0.15, -0.1) is 10.2 Å². The van der Waals surface area contributed by atoms with E-state index in [-0.39, 0.29) is 6.10 Å². The lowest BCUT2D eigenvalue weighted by Crippen LogP contribution is -2.06. The summed E-state index contributed by atoms with van der Waals surface area (Å²) in [4.78, 5) is 4.51. The van der Waals surface area contributed by atoms with Crippen LogP contribution in [0.15, 0.2) is 22.9 Å². The summed E-state index contributed by atoms with van der Waals surface area (Å²) >= 11 is 3.61. The molecule has 0 saturated carbocycles. The molecule has 11 nitrogen and oxygen atoms in total. The number of fused-ring (bicyclic) bond motifs is 1. The molecule has 0 aliphatic rings. The largest absolute Gasteiger partial charge is 0.373 e. The minimum atomic E-state index is -0.198. The SMILES string of the molecule is COC(CCc1cn2cc(-c3nnn[nH]3)nc2cc1Br)c1nnn[nH]1. The highest BCUT2D eigenvalue weighted by atomic mass is 79.9. The molecule has 4 rings (SSSR count). The van der Waals surface area contributed by atoms with Crippen LogP contribution in [0, 0.1) is 0 Å². The average molecular weight is 405 g/mol. The molecule has 12 heteroatoms. The van der Waals surface area contributed by atoms with Crippen molar-refractivity contribution in [3.8, 4) is 11.5 Å². The topological polar surface area (TPSA) is 135 Å². The van der Waals surface area contributed by atoms with E-state index in [0.717, 1.165) is 28.5 Å². The molecule has 0 saturated heterocycles. The van der Waals surface area contributed by atoms with E-state index in [1.54, 1.807) is 7.11 Å². The number of imidazole rings is 1. The molecule has 0 fully saturated rings. The van der Waals surface area contributed by atoms with Crippen LogP contribution in [0.25, 0.3) is 17.2 Å². The molecule has 4 aromatic rings. The monoisotopic (exact) mass is 404 g/mol. The Morgan fingerprint density at radius 1 is 1.20 bits per heavy atom. The van der Waals surface area contributed by atoms with Gasteiger partial charge in [-0.05, 0) is 45.3 Å². The van der Waals surface area contributed by atoms with Crippen LogP contribution in [-0.4, -0.2) is 57.7 Å². The third-order valence-electron chi connectivity index (χ3n) is 3.83. The summed E-state index contributed by atoms with van der Waals surface area (Å²) in [6, 6.07) is 1.96. The Balaban J connectivity index is 1.58. The zero-order chi connectivity index (χ0) is 17.2. The molecule has 1 atom stereocenters. The van der Waals surface area contributed by atoms with E-state index in [2.05, 4.69) is 62.2 Å². The first-order valence-corrected chi connectivity index (χ1v) is 8.21. The Morgan fingerprint density at radius 3 is 2.76 bits per heavy atom. The Hall–Kier alpha value is -2.73. The van der Waals surface area contributed by atoms with Gasteiger partial charge in [-0.1, -0.05) is 15.9 Å². The van der Waals surface area contributed by atoms with Gasteiger partial charge in [0.15, 0.2) is 11.6 Å². The maximum Gasteiger partial charge on any atom is 0.199 e. The number of methoxy groups -OCH3 is 1. The Labute approximate surface area is 149 Å². The molecule has 0 amide bonds. The summed E-state index contributed by atoms with van der Waals surface area (Å²) < 4.78 is 8.37. The summed E-state index contributed by atoms with van der Waals surface area (Å²) in [5, 5.41) is 27.6. The number of aromatic nitrogens is 10. The zero-order valence-corrected chi connectivity index (χ0v) is 14.7. The van der Waals surface area contributed by atoms with Gasteiger partial charge in [0.1, 0.15) is 17.4 Å². The molecule has 0 aliphatic heterocycles. The van der Waals surface area contributed by atoms with E-state index in [1.807, 2.05) is 22.9 Å². The van der Waals surface area contributed by atoms with Crippen molar-refractivity contribution in [3.05, 3.63) is 34.3 Å². The normalized spacial score (nSPS) is 12.7. The molecule has 128 valence electrons. The molecule has 25 heavy (non-hydrogen) atoms. The average Bonchev–Trinajstić information content (AvgIpc) is 3.36. The van der Waals surface area contributed by atoms with Gasteiger partial charge >= 0.3 is 0 Å². The van der Waals surface area contributed by atoms with Crippen LogP contribution in [0.3, 0.4) is 0 Å². The highest BCUT2D eigenvalue weighted by molar-refractivity contribution is 9.10. The second-order valence-corrected chi connectivity index (χ2v) is 6.19. The third-order valence-corrected chi connectivity index (χ3v) is 4.57. The molecular weight excluding hydrogens is 392 g/mol. The minimum absolute atomic E-state index is 0.198. The second kappa shape index (κ2) is 6.64. The predicted octanol–water partition coefficient (Wildman–Crippen LogP) is 1.11. The van der Waals surface area contributed by atoms with E-state index in [1.165, 1.54) is 0 Å². The van der Waals surface area contributed by atoms with Crippen molar-refractivity contribution in [1.82, 2.24) is 50.6 Å². The summed E-state index contributed by atoms with van der Waals surface area (Å²) in [6.07, 6.45) is 5.20. The van der Waals surface area contributed by atoms with E-state index < -0.39 is 0 Å². The number of hydrogen-bond acceptors (Lipinski definition) is 8. The molecule has 0 spiro atoms. The number of ether oxygens (including phenoxy) is 1. The van der Waals surface area contributed by atoms with Gasteiger partial charge in [0.05, 0.1) is 0 Å². The molecule has 4 heterocycles. The van der Waals surface area contributed by atoms with Crippen molar-refractivity contribution in [3.63, 3.8) is 0 Å². The maximum atomic E-state index is 5.46. The van der Waals surface area contributed by atoms with E-state index in [0.29, 0.717) is 17.3 Å². The Bertz CT molecular complexity index is 964. The number of halogens is 1. The quantitative estimate of drug-likeness (QED) is 0.487. The number of nitrogens with zero attached hydrogens (tertiary/aromatic N) is 8. The summed E-state index contributed by atoms with van der Waals surface area (Å²) in [5.74, 6) is 1.14. The van der Waals surface area contributed by atoms with Crippen LogP contribution in [0.5, 0.6) is 0 Å². The van der Waals surface area contributed by atoms with Gasteiger partial charge in [0.2, 0.25) is 0 Å². The molecule has 0 aromatic carbocycles.